The molecule has 0 amide bonds. The van der Waals surface area contributed by atoms with E-state index < -0.39 is 5.60 Å². The van der Waals surface area contributed by atoms with Gasteiger partial charge in [0.25, 0.3) is 0 Å². The largest absolute Gasteiger partial charge is 0.377 e. The van der Waals surface area contributed by atoms with Gasteiger partial charge in [-0.2, -0.15) is 0 Å². The molecule has 1 N–H and O–H groups in total. The normalized spacial score (nSPS) is 37.9. The molecule has 0 heterocycles. The van der Waals surface area contributed by atoms with Crippen molar-refractivity contribution in [3.05, 3.63) is 34.9 Å². The first kappa shape index (κ1) is 18.1. The van der Waals surface area contributed by atoms with Gasteiger partial charge in [0.1, 0.15) is 5.60 Å². The summed E-state index contributed by atoms with van der Waals surface area (Å²) in [6.07, 6.45) is 10.1. The van der Waals surface area contributed by atoms with Crippen LogP contribution in [0.25, 0.3) is 0 Å². The number of hydrogen-bond acceptors (Lipinski definition) is 1. The summed E-state index contributed by atoms with van der Waals surface area (Å²) in [6.45, 7) is 6.76. The Balaban J connectivity index is 1.60. The lowest BCUT2D eigenvalue weighted by Crippen LogP contribution is -2.50. The van der Waals surface area contributed by atoms with Crippen molar-refractivity contribution in [1.82, 2.24) is 0 Å². The van der Waals surface area contributed by atoms with E-state index in [-0.39, 0.29) is 5.41 Å². The van der Waals surface area contributed by atoms with Crippen molar-refractivity contribution >= 4 is 0 Å². The molecule has 0 saturated heterocycles. The molecule has 2 saturated carbocycles. The summed E-state index contributed by atoms with van der Waals surface area (Å²) in [6, 6.07) is 7.10. The van der Waals surface area contributed by atoms with Gasteiger partial charge in [-0.1, -0.05) is 50.0 Å². The van der Waals surface area contributed by atoms with Gasteiger partial charge < -0.3 is 5.11 Å². The zero-order valence-electron chi connectivity index (χ0n) is 16.8. The minimum atomic E-state index is -0.760. The highest BCUT2D eigenvalue weighted by atomic mass is 16.3. The molecule has 5 atom stereocenters. The van der Waals surface area contributed by atoms with Crippen LogP contribution in [0, 0.1) is 36.0 Å². The summed E-state index contributed by atoms with van der Waals surface area (Å²) < 4.78 is 0. The average Bonchev–Trinajstić information content (AvgIpc) is 2.90. The standard InChI is InChI=1S/C25H34O/c1-4-5-6-7-14-25(26)16-13-23-22-11-9-19-17-18(2)8-10-20(19)21(22)12-15-24(23,25)3/h8,10,17,21-23,26H,4-6,9,11-13,15-16H2,1-3H3/t21-,22-,23+,24+,25+/m1/s1. The zero-order chi connectivity index (χ0) is 18.4. The van der Waals surface area contributed by atoms with Gasteiger partial charge in [0.15, 0.2) is 0 Å². The predicted molar refractivity (Wildman–Crippen MR) is 108 cm³/mol. The minimum absolute atomic E-state index is 0.0183. The predicted octanol–water partition coefficient (Wildman–Crippen LogP) is 5.78. The Hall–Kier alpha value is -1.26. The van der Waals surface area contributed by atoms with Gasteiger partial charge in [-0.25, -0.2) is 0 Å². The lowest BCUT2D eigenvalue weighted by atomic mass is 9.53. The Morgan fingerprint density at radius 3 is 2.85 bits per heavy atom. The SMILES string of the molecule is CCCCC#C[C@]1(O)CC[C@H]2[C@@H]3CCc4cc(C)ccc4[C@H]3CC[C@@]21C. The maximum atomic E-state index is 11.5. The molecule has 3 aliphatic carbocycles. The van der Waals surface area contributed by atoms with Crippen LogP contribution >= 0.6 is 0 Å². The molecule has 2 fully saturated rings. The number of aryl methyl sites for hydroxylation is 2. The van der Waals surface area contributed by atoms with Crippen molar-refractivity contribution < 1.29 is 5.11 Å². The summed E-state index contributed by atoms with van der Waals surface area (Å²) in [5, 5.41) is 11.5. The zero-order valence-corrected chi connectivity index (χ0v) is 16.8. The summed E-state index contributed by atoms with van der Waals surface area (Å²) in [4.78, 5) is 0. The smallest absolute Gasteiger partial charge is 0.131 e. The molecule has 0 aliphatic heterocycles. The molecular formula is C25H34O. The van der Waals surface area contributed by atoms with E-state index in [1.54, 1.807) is 11.1 Å². The summed E-state index contributed by atoms with van der Waals surface area (Å²) >= 11 is 0. The number of benzene rings is 1. The van der Waals surface area contributed by atoms with Crippen molar-refractivity contribution in [2.24, 2.45) is 17.3 Å². The van der Waals surface area contributed by atoms with Gasteiger partial charge in [0.2, 0.25) is 0 Å². The molecule has 140 valence electrons. The number of fused-ring (bicyclic) bond motifs is 5. The molecule has 1 nitrogen and oxygen atoms in total. The average molecular weight is 351 g/mol. The molecule has 0 radical (unpaired) electrons. The van der Waals surface area contributed by atoms with Crippen molar-refractivity contribution in [3.8, 4) is 11.8 Å². The Morgan fingerprint density at radius 1 is 1.19 bits per heavy atom. The van der Waals surface area contributed by atoms with Gasteiger partial charge in [-0.05, 0) is 80.8 Å². The van der Waals surface area contributed by atoms with E-state index >= 15 is 0 Å². The van der Waals surface area contributed by atoms with Crippen LogP contribution in [-0.4, -0.2) is 10.7 Å². The van der Waals surface area contributed by atoms with Crippen LogP contribution in [0.5, 0.6) is 0 Å². The fourth-order valence-electron chi connectivity index (χ4n) is 6.41. The fourth-order valence-corrected chi connectivity index (χ4v) is 6.41. The molecular weight excluding hydrogens is 316 g/mol. The first-order valence-electron chi connectivity index (χ1n) is 10.8. The third-order valence-electron chi connectivity index (χ3n) is 7.98. The second-order valence-corrected chi connectivity index (χ2v) is 9.38. The van der Waals surface area contributed by atoms with Crippen LogP contribution in [-0.2, 0) is 6.42 Å². The summed E-state index contributed by atoms with van der Waals surface area (Å²) in [7, 11) is 0. The molecule has 3 aliphatic rings. The lowest BCUT2D eigenvalue weighted by Gasteiger charge is -2.52. The topological polar surface area (TPSA) is 20.2 Å². The van der Waals surface area contributed by atoms with Crippen LogP contribution in [0.15, 0.2) is 18.2 Å². The molecule has 1 heteroatoms. The number of unbranched alkanes of at least 4 members (excludes halogenated alkanes) is 2. The van der Waals surface area contributed by atoms with E-state index in [2.05, 4.69) is 50.8 Å². The monoisotopic (exact) mass is 350 g/mol. The fraction of sp³-hybridized carbons (Fsp3) is 0.680. The molecule has 0 aromatic heterocycles. The van der Waals surface area contributed by atoms with Crippen molar-refractivity contribution in [2.75, 3.05) is 0 Å². The third kappa shape index (κ3) is 2.73. The van der Waals surface area contributed by atoms with Gasteiger partial charge in [0.05, 0.1) is 0 Å². The minimum Gasteiger partial charge on any atom is -0.377 e. The lowest BCUT2D eigenvalue weighted by molar-refractivity contribution is -0.0648. The van der Waals surface area contributed by atoms with Crippen molar-refractivity contribution in [1.29, 1.82) is 0 Å². The molecule has 26 heavy (non-hydrogen) atoms. The van der Waals surface area contributed by atoms with Crippen molar-refractivity contribution in [3.63, 3.8) is 0 Å². The van der Waals surface area contributed by atoms with E-state index in [0.29, 0.717) is 11.8 Å². The maximum absolute atomic E-state index is 11.5. The summed E-state index contributed by atoms with van der Waals surface area (Å²) in [5.41, 5.74) is 3.81. The van der Waals surface area contributed by atoms with E-state index in [0.717, 1.165) is 38.0 Å². The van der Waals surface area contributed by atoms with Crippen LogP contribution in [0.2, 0.25) is 0 Å². The number of aliphatic hydroxyl groups is 1. The summed E-state index contributed by atoms with van der Waals surface area (Å²) in [5.74, 6) is 8.74. The van der Waals surface area contributed by atoms with E-state index in [1.165, 1.54) is 31.2 Å². The van der Waals surface area contributed by atoms with Crippen molar-refractivity contribution in [2.45, 2.75) is 90.1 Å². The molecule has 0 spiro atoms. The Bertz CT molecular complexity index is 738. The Labute approximate surface area is 159 Å². The first-order valence-corrected chi connectivity index (χ1v) is 10.8. The Morgan fingerprint density at radius 2 is 2.04 bits per heavy atom. The van der Waals surface area contributed by atoms with Gasteiger partial charge in [0, 0.05) is 11.8 Å². The van der Waals surface area contributed by atoms with Crippen LogP contribution < -0.4 is 0 Å². The highest BCUT2D eigenvalue weighted by Gasteiger charge is 2.61. The third-order valence-corrected chi connectivity index (χ3v) is 7.98. The number of hydrogen-bond donors (Lipinski definition) is 1. The second-order valence-electron chi connectivity index (χ2n) is 9.38. The highest BCUT2D eigenvalue weighted by Crippen LogP contribution is 2.64. The van der Waals surface area contributed by atoms with Crippen LogP contribution in [0.4, 0.5) is 0 Å². The maximum Gasteiger partial charge on any atom is 0.131 e. The van der Waals surface area contributed by atoms with E-state index in [1.807, 2.05) is 0 Å². The highest BCUT2D eigenvalue weighted by molar-refractivity contribution is 5.38. The quantitative estimate of drug-likeness (QED) is 0.530. The molecule has 4 rings (SSSR count). The van der Waals surface area contributed by atoms with E-state index in [9.17, 15) is 5.11 Å². The van der Waals surface area contributed by atoms with Gasteiger partial charge in [-0.3, -0.25) is 0 Å². The molecule has 0 bridgehead atoms. The van der Waals surface area contributed by atoms with Crippen LogP contribution in [0.1, 0.15) is 87.8 Å². The molecule has 1 aromatic rings. The van der Waals surface area contributed by atoms with Crippen LogP contribution in [0.3, 0.4) is 0 Å². The Kier molecular flexibility index (Phi) is 4.68. The van der Waals surface area contributed by atoms with E-state index in [4.69, 9.17) is 0 Å². The molecule has 1 aromatic carbocycles. The molecule has 0 unspecified atom stereocenters. The number of rotatable bonds is 2. The first-order chi connectivity index (χ1) is 12.5. The second kappa shape index (κ2) is 6.72. The van der Waals surface area contributed by atoms with Gasteiger partial charge >= 0.3 is 0 Å². The van der Waals surface area contributed by atoms with Gasteiger partial charge in [-0.15, -0.1) is 5.92 Å².